The first-order valence-corrected chi connectivity index (χ1v) is 4.08. The number of carboxylic acids is 1. The maximum Gasteiger partial charge on any atom is 0.300 e. The Labute approximate surface area is 103 Å². The summed E-state index contributed by atoms with van der Waals surface area (Å²) in [5.41, 5.74) is 19.0. The van der Waals surface area contributed by atoms with Crippen molar-refractivity contribution in [3.63, 3.8) is 0 Å². The van der Waals surface area contributed by atoms with E-state index < -0.39 is 5.97 Å². The van der Waals surface area contributed by atoms with Crippen molar-refractivity contribution in [3.05, 3.63) is 0 Å². The normalized spacial score (nSPS) is 7.17. The molecule has 0 aromatic rings. The fraction of sp³-hybridized carbons (Fsp3) is 0.167. The molecule has 0 rings (SSSR count). The van der Waals surface area contributed by atoms with Gasteiger partial charge in [-0.05, 0) is 0 Å². The Bertz CT molecular complexity index is 270. The predicted molar refractivity (Wildman–Crippen MR) is 67.2 cm³/mol. The summed E-state index contributed by atoms with van der Waals surface area (Å²) in [4.78, 5) is 9.00. The minimum absolute atomic E-state index is 0.312. The van der Waals surface area contributed by atoms with Crippen LogP contribution in [0.3, 0.4) is 0 Å². The Morgan fingerprint density at radius 1 is 0.833 bits per heavy atom. The van der Waals surface area contributed by atoms with Gasteiger partial charge < -0.3 is 28.0 Å². The molecule has 12 heteroatoms. The molecule has 0 spiro atoms. The summed E-state index contributed by atoms with van der Waals surface area (Å²) in [7, 11) is 0. The molecule has 0 aliphatic rings. The van der Waals surface area contributed by atoms with E-state index in [1.807, 2.05) is 10.6 Å². The minimum Gasteiger partial charge on any atom is -0.481 e. The van der Waals surface area contributed by atoms with Gasteiger partial charge >= 0.3 is 0 Å². The second-order valence-electron chi connectivity index (χ2n) is 2.42. The monoisotopic (exact) mass is 262 g/mol. The predicted octanol–water partition coefficient (Wildman–Crippen LogP) is -3.18. The van der Waals surface area contributed by atoms with E-state index >= 15 is 0 Å². The molecule has 15 N–H and O–H groups in total. The lowest BCUT2D eigenvalue weighted by molar-refractivity contribution is -0.134. The first-order valence-electron chi connectivity index (χ1n) is 4.08. The minimum atomic E-state index is -0.833. The highest BCUT2D eigenvalue weighted by atomic mass is 16.4. The lowest BCUT2D eigenvalue weighted by Gasteiger charge is -1.95. The standard InChI is InChI=1S/2C2H7N5.C2H4O2/c2*3-1(4)7-2(5)6;1-2(3)4/h2*(H7,3,4,5,6,7);1H3,(H,3,4). The van der Waals surface area contributed by atoms with Crippen LogP contribution in [0.1, 0.15) is 6.92 Å². The van der Waals surface area contributed by atoms with Gasteiger partial charge in [0.15, 0.2) is 23.8 Å². The molecule has 0 saturated carbocycles. The Morgan fingerprint density at radius 2 is 0.944 bits per heavy atom. The zero-order valence-electron chi connectivity index (χ0n) is 9.66. The third kappa shape index (κ3) is 75.5. The molecule has 12 nitrogen and oxygen atoms in total. The van der Waals surface area contributed by atoms with Crippen LogP contribution < -0.4 is 33.6 Å². The molecule has 0 bridgehead atoms. The van der Waals surface area contributed by atoms with Gasteiger partial charge in [-0.15, -0.1) is 0 Å². The number of carboxylic acid groups (broad SMARTS) is 1. The van der Waals surface area contributed by atoms with E-state index in [9.17, 15) is 0 Å². The van der Waals surface area contributed by atoms with E-state index in [1.165, 1.54) is 0 Å². The largest absolute Gasteiger partial charge is 0.481 e. The number of nitrogens with two attached hydrogens (primary N) is 4. The maximum atomic E-state index is 9.00. The highest BCUT2D eigenvalue weighted by Gasteiger charge is 1.84. The number of aliphatic carboxylic acids is 1. The highest BCUT2D eigenvalue weighted by Crippen LogP contribution is 1.44. The van der Waals surface area contributed by atoms with Crippen LogP contribution in [0.25, 0.3) is 0 Å². The zero-order chi connectivity index (χ0) is 15.3. The molecule has 0 heterocycles. The van der Waals surface area contributed by atoms with E-state index in [4.69, 9.17) is 54.5 Å². The van der Waals surface area contributed by atoms with E-state index in [2.05, 4.69) is 0 Å². The molecular formula is C6H18N10O2. The summed E-state index contributed by atoms with van der Waals surface area (Å²) < 4.78 is 0. The number of hydrogen-bond acceptors (Lipinski definition) is 5. The van der Waals surface area contributed by atoms with Crippen LogP contribution >= 0.6 is 0 Å². The molecule has 0 amide bonds. The summed E-state index contributed by atoms with van der Waals surface area (Å²) in [6, 6.07) is 0. The zero-order valence-corrected chi connectivity index (χ0v) is 9.66. The van der Waals surface area contributed by atoms with Crippen molar-refractivity contribution in [2.24, 2.45) is 22.9 Å². The lowest BCUT2D eigenvalue weighted by atomic mass is 10.9. The molecule has 0 aromatic heterocycles. The van der Waals surface area contributed by atoms with E-state index in [1.54, 1.807) is 0 Å². The lowest BCUT2D eigenvalue weighted by Crippen LogP contribution is -2.39. The van der Waals surface area contributed by atoms with Gasteiger partial charge in [0.05, 0.1) is 0 Å². The maximum absolute atomic E-state index is 9.00. The van der Waals surface area contributed by atoms with Crippen LogP contribution in [0.4, 0.5) is 0 Å². The van der Waals surface area contributed by atoms with Gasteiger partial charge in [-0.3, -0.25) is 37.1 Å². The highest BCUT2D eigenvalue weighted by molar-refractivity contribution is 5.94. The van der Waals surface area contributed by atoms with Gasteiger partial charge in [-0.1, -0.05) is 0 Å². The topological polar surface area (TPSA) is 261 Å². The van der Waals surface area contributed by atoms with E-state index in [0.717, 1.165) is 6.92 Å². The van der Waals surface area contributed by atoms with Crippen molar-refractivity contribution in [1.29, 1.82) is 21.6 Å². The van der Waals surface area contributed by atoms with Gasteiger partial charge in [0.1, 0.15) is 0 Å². The van der Waals surface area contributed by atoms with Crippen LogP contribution in [0.5, 0.6) is 0 Å². The summed E-state index contributed by atoms with van der Waals surface area (Å²) >= 11 is 0. The van der Waals surface area contributed by atoms with Gasteiger partial charge in [-0.25, -0.2) is 0 Å². The summed E-state index contributed by atoms with van der Waals surface area (Å²) in [5.74, 6) is -2.08. The Balaban J connectivity index is -0.000000196. The van der Waals surface area contributed by atoms with Crippen LogP contribution in [-0.4, -0.2) is 34.9 Å². The average molecular weight is 262 g/mol. The van der Waals surface area contributed by atoms with Crippen molar-refractivity contribution >= 4 is 29.8 Å². The smallest absolute Gasteiger partial charge is 0.300 e. The van der Waals surface area contributed by atoms with E-state index in [-0.39, 0.29) is 23.8 Å². The SMILES string of the molecule is CC(=O)O.N=C(N)NC(=N)N.N=C(N)NC(=N)N. The van der Waals surface area contributed by atoms with Crippen LogP contribution in [0.2, 0.25) is 0 Å². The molecule has 18 heavy (non-hydrogen) atoms. The second-order valence-corrected chi connectivity index (χ2v) is 2.42. The molecule has 0 fully saturated rings. The summed E-state index contributed by atoms with van der Waals surface area (Å²) in [6.45, 7) is 1.08. The fourth-order valence-corrected chi connectivity index (χ4v) is 0.290. The Hall–Kier alpha value is -3.05. The number of carbonyl (C=O) groups is 1. The Morgan fingerprint density at radius 3 is 0.944 bits per heavy atom. The van der Waals surface area contributed by atoms with Crippen molar-refractivity contribution in [3.8, 4) is 0 Å². The summed E-state index contributed by atoms with van der Waals surface area (Å²) in [5, 5.41) is 37.4. The molecule has 0 aliphatic heterocycles. The molecule has 0 aromatic carbocycles. The van der Waals surface area contributed by atoms with Crippen molar-refractivity contribution in [1.82, 2.24) is 10.6 Å². The number of guanidine groups is 4. The third-order valence-corrected chi connectivity index (χ3v) is 0.539. The first-order chi connectivity index (χ1) is 7.98. The quantitative estimate of drug-likeness (QED) is 0.156. The number of nitrogens with one attached hydrogen (secondary N) is 6. The molecule has 104 valence electrons. The third-order valence-electron chi connectivity index (χ3n) is 0.539. The van der Waals surface area contributed by atoms with Crippen molar-refractivity contribution in [2.75, 3.05) is 0 Å². The average Bonchev–Trinajstić information content (AvgIpc) is 1.96. The molecule has 0 unspecified atom stereocenters. The van der Waals surface area contributed by atoms with Gasteiger partial charge in [-0.2, -0.15) is 0 Å². The number of hydrogen-bond donors (Lipinski definition) is 11. The van der Waals surface area contributed by atoms with Gasteiger partial charge in [0.25, 0.3) is 5.97 Å². The van der Waals surface area contributed by atoms with Gasteiger partial charge in [0, 0.05) is 6.92 Å². The van der Waals surface area contributed by atoms with E-state index in [0.29, 0.717) is 0 Å². The van der Waals surface area contributed by atoms with Crippen molar-refractivity contribution in [2.45, 2.75) is 6.92 Å². The molecule has 0 saturated heterocycles. The van der Waals surface area contributed by atoms with Crippen LogP contribution in [0.15, 0.2) is 0 Å². The molecule has 0 aliphatic carbocycles. The fourth-order valence-electron chi connectivity index (χ4n) is 0.290. The molecule has 0 atom stereocenters. The number of rotatable bonds is 0. The van der Waals surface area contributed by atoms with Crippen molar-refractivity contribution < 1.29 is 9.90 Å². The second kappa shape index (κ2) is 12.0. The van der Waals surface area contributed by atoms with Gasteiger partial charge in [0.2, 0.25) is 0 Å². The summed E-state index contributed by atoms with van der Waals surface area (Å²) in [6.07, 6.45) is 0. The molecule has 0 radical (unpaired) electrons. The molecular weight excluding hydrogens is 244 g/mol. The van der Waals surface area contributed by atoms with Crippen LogP contribution in [-0.2, 0) is 4.79 Å². The first kappa shape index (κ1) is 20.4. The van der Waals surface area contributed by atoms with Crippen LogP contribution in [0, 0.1) is 21.6 Å². The Kier molecular flexibility index (Phi) is 13.6.